The maximum absolute atomic E-state index is 14.0. The monoisotopic (exact) mass is 486 g/mol. The Morgan fingerprint density at radius 3 is 2.55 bits per heavy atom. The molecule has 0 radical (unpaired) electrons. The number of carbonyl (C=O) groups is 2. The summed E-state index contributed by atoms with van der Waals surface area (Å²) in [5, 5.41) is 0. The lowest BCUT2D eigenvalue weighted by Crippen LogP contribution is -2.48. The molecule has 4 rings (SSSR count). The van der Waals surface area contributed by atoms with Crippen LogP contribution in [0.2, 0.25) is 0 Å². The van der Waals surface area contributed by atoms with Crippen LogP contribution in [0.3, 0.4) is 0 Å². The molecular weight excluding hydrogens is 459 g/mol. The summed E-state index contributed by atoms with van der Waals surface area (Å²) >= 11 is 3.75. The van der Waals surface area contributed by atoms with Crippen LogP contribution >= 0.6 is 15.9 Å². The van der Waals surface area contributed by atoms with Gasteiger partial charge in [0.1, 0.15) is 11.6 Å². The summed E-state index contributed by atoms with van der Waals surface area (Å²) in [7, 11) is 1.73. The largest absolute Gasteiger partial charge is 0.325 e. The molecule has 1 unspecified atom stereocenters. The molecule has 164 valence electrons. The number of urea groups is 1. The molecular formula is C25H28BrFN2O2. The number of ketones is 1. The van der Waals surface area contributed by atoms with Crippen molar-refractivity contribution in [3.05, 3.63) is 69.4 Å². The zero-order valence-corrected chi connectivity index (χ0v) is 19.6. The third-order valence-corrected chi connectivity index (χ3v) is 7.53. The lowest BCUT2D eigenvalue weighted by atomic mass is 9.73. The standard InChI is InChI=1S/C25H28BrFN2O2/c1-17(30)14-19-15-25(23-20(19)7-5-8-21(23)26)10-12-29(13-11-25)24(31)28(2)16-18-6-3-4-9-22(18)27/h3-9,19H,10-16H2,1-2H3. The molecule has 2 aromatic rings. The fraction of sp³-hybridized carbons (Fsp3) is 0.440. The predicted molar refractivity (Wildman–Crippen MR) is 123 cm³/mol. The van der Waals surface area contributed by atoms with Gasteiger partial charge in [-0.3, -0.25) is 0 Å². The molecule has 6 heteroatoms. The van der Waals surface area contributed by atoms with Crippen molar-refractivity contribution >= 4 is 27.7 Å². The van der Waals surface area contributed by atoms with Crippen molar-refractivity contribution in [1.82, 2.24) is 9.80 Å². The van der Waals surface area contributed by atoms with E-state index in [1.54, 1.807) is 37.1 Å². The Labute approximate surface area is 191 Å². The van der Waals surface area contributed by atoms with E-state index in [9.17, 15) is 14.0 Å². The molecule has 1 atom stereocenters. The van der Waals surface area contributed by atoms with E-state index >= 15 is 0 Å². The normalized spacial score (nSPS) is 19.4. The number of fused-ring (bicyclic) bond motifs is 2. The summed E-state index contributed by atoms with van der Waals surface area (Å²) in [6.07, 6.45) is 3.27. The molecule has 0 bridgehead atoms. The van der Waals surface area contributed by atoms with E-state index in [-0.39, 0.29) is 35.5 Å². The smallest absolute Gasteiger partial charge is 0.320 e. The summed E-state index contributed by atoms with van der Waals surface area (Å²) in [5.74, 6) is 0.176. The van der Waals surface area contributed by atoms with E-state index in [0.29, 0.717) is 25.1 Å². The fourth-order valence-electron chi connectivity index (χ4n) is 5.42. The molecule has 0 aromatic heterocycles. The van der Waals surface area contributed by atoms with Crippen LogP contribution in [0.5, 0.6) is 0 Å². The fourth-order valence-corrected chi connectivity index (χ4v) is 6.23. The first kappa shape index (κ1) is 22.0. The van der Waals surface area contributed by atoms with Crippen molar-refractivity contribution in [3.63, 3.8) is 0 Å². The van der Waals surface area contributed by atoms with Crippen LogP contribution in [0.15, 0.2) is 46.9 Å². The molecule has 0 saturated carbocycles. The number of hydrogen-bond donors (Lipinski definition) is 0. The summed E-state index contributed by atoms with van der Waals surface area (Å²) < 4.78 is 15.1. The predicted octanol–water partition coefficient (Wildman–Crippen LogP) is 5.64. The van der Waals surface area contributed by atoms with E-state index in [2.05, 4.69) is 28.1 Å². The number of piperidine rings is 1. The van der Waals surface area contributed by atoms with Gasteiger partial charge in [0, 0.05) is 48.6 Å². The summed E-state index contributed by atoms with van der Waals surface area (Å²) in [5.41, 5.74) is 3.12. The molecule has 1 aliphatic carbocycles. The van der Waals surface area contributed by atoms with Gasteiger partial charge in [0.2, 0.25) is 0 Å². The molecule has 2 amide bonds. The maximum Gasteiger partial charge on any atom is 0.320 e. The van der Waals surface area contributed by atoms with Gasteiger partial charge < -0.3 is 14.6 Å². The first-order chi connectivity index (χ1) is 14.8. The second kappa shape index (κ2) is 8.73. The van der Waals surface area contributed by atoms with Gasteiger partial charge in [-0.1, -0.05) is 46.3 Å². The van der Waals surface area contributed by atoms with E-state index in [0.717, 1.165) is 23.7 Å². The van der Waals surface area contributed by atoms with Crippen molar-refractivity contribution in [2.75, 3.05) is 20.1 Å². The summed E-state index contributed by atoms with van der Waals surface area (Å²) in [6.45, 7) is 3.24. The van der Waals surface area contributed by atoms with Crippen LogP contribution in [0.25, 0.3) is 0 Å². The topological polar surface area (TPSA) is 40.6 Å². The van der Waals surface area contributed by atoms with Gasteiger partial charge in [-0.25, -0.2) is 9.18 Å². The Kier molecular flexibility index (Phi) is 6.20. The Bertz CT molecular complexity index is 1000. The van der Waals surface area contributed by atoms with Gasteiger partial charge >= 0.3 is 6.03 Å². The quantitative estimate of drug-likeness (QED) is 0.560. The Balaban J connectivity index is 1.47. The van der Waals surface area contributed by atoms with Gasteiger partial charge in [-0.2, -0.15) is 0 Å². The van der Waals surface area contributed by atoms with Crippen molar-refractivity contribution < 1.29 is 14.0 Å². The Morgan fingerprint density at radius 2 is 1.87 bits per heavy atom. The minimum absolute atomic E-state index is 0.00354. The highest BCUT2D eigenvalue weighted by molar-refractivity contribution is 9.10. The van der Waals surface area contributed by atoms with E-state index in [4.69, 9.17) is 0 Å². The van der Waals surface area contributed by atoms with Crippen LogP contribution in [0.4, 0.5) is 9.18 Å². The molecule has 0 N–H and O–H groups in total. The lowest BCUT2D eigenvalue weighted by molar-refractivity contribution is -0.117. The molecule has 1 heterocycles. The van der Waals surface area contributed by atoms with Crippen LogP contribution in [-0.4, -0.2) is 41.8 Å². The number of benzene rings is 2. The highest BCUT2D eigenvalue weighted by Gasteiger charge is 2.47. The number of likely N-dealkylation sites (tertiary alicyclic amines) is 1. The molecule has 4 nitrogen and oxygen atoms in total. The molecule has 1 aliphatic heterocycles. The van der Waals surface area contributed by atoms with Crippen molar-refractivity contribution in [3.8, 4) is 0 Å². The minimum atomic E-state index is -0.288. The number of Topliss-reactive ketones (excluding diaryl/α,β-unsaturated/α-hetero) is 1. The average molecular weight is 487 g/mol. The Hall–Kier alpha value is -2.21. The molecule has 2 aromatic carbocycles. The molecule has 1 spiro atoms. The van der Waals surface area contributed by atoms with E-state index < -0.39 is 0 Å². The third kappa shape index (κ3) is 4.27. The number of carbonyl (C=O) groups excluding carboxylic acids is 2. The zero-order chi connectivity index (χ0) is 22.2. The first-order valence-corrected chi connectivity index (χ1v) is 11.6. The number of hydrogen-bond acceptors (Lipinski definition) is 2. The Morgan fingerprint density at radius 1 is 1.16 bits per heavy atom. The van der Waals surface area contributed by atoms with Gasteiger partial charge in [0.25, 0.3) is 0 Å². The second-order valence-corrected chi connectivity index (χ2v) is 9.86. The van der Waals surface area contributed by atoms with Gasteiger partial charge in [0.05, 0.1) is 0 Å². The van der Waals surface area contributed by atoms with Gasteiger partial charge in [0.15, 0.2) is 0 Å². The van der Waals surface area contributed by atoms with Crippen LogP contribution in [0.1, 0.15) is 55.2 Å². The van der Waals surface area contributed by atoms with Crippen LogP contribution in [0, 0.1) is 5.82 Å². The third-order valence-electron chi connectivity index (χ3n) is 6.87. The van der Waals surface area contributed by atoms with Crippen LogP contribution < -0.4 is 0 Å². The van der Waals surface area contributed by atoms with Crippen molar-refractivity contribution in [2.24, 2.45) is 0 Å². The van der Waals surface area contributed by atoms with Crippen LogP contribution in [-0.2, 0) is 16.8 Å². The summed E-state index contributed by atoms with van der Waals surface area (Å²) in [4.78, 5) is 28.3. The van der Waals surface area contributed by atoms with E-state index in [1.165, 1.54) is 17.2 Å². The number of nitrogens with zero attached hydrogens (tertiary/aromatic N) is 2. The highest BCUT2D eigenvalue weighted by Crippen LogP contribution is 2.55. The van der Waals surface area contributed by atoms with Crippen molar-refractivity contribution in [2.45, 2.75) is 50.5 Å². The number of halogens is 2. The molecule has 1 fully saturated rings. The SMILES string of the molecule is CC(=O)CC1CC2(CCN(C(=O)N(C)Cc3ccccc3F)CC2)c2c(Br)cccc21. The maximum atomic E-state index is 14.0. The first-order valence-electron chi connectivity index (χ1n) is 10.8. The summed E-state index contributed by atoms with van der Waals surface area (Å²) in [6, 6.07) is 12.8. The molecule has 1 saturated heterocycles. The molecule has 2 aliphatic rings. The average Bonchev–Trinajstić information content (AvgIpc) is 3.03. The highest BCUT2D eigenvalue weighted by atomic mass is 79.9. The lowest BCUT2D eigenvalue weighted by Gasteiger charge is -2.41. The zero-order valence-electron chi connectivity index (χ0n) is 18.0. The van der Waals surface area contributed by atoms with Gasteiger partial charge in [-0.05, 0) is 55.4 Å². The molecule has 31 heavy (non-hydrogen) atoms. The minimum Gasteiger partial charge on any atom is -0.325 e. The van der Waals surface area contributed by atoms with Crippen molar-refractivity contribution in [1.29, 1.82) is 0 Å². The number of rotatable bonds is 4. The number of amides is 2. The second-order valence-electron chi connectivity index (χ2n) is 9.01. The van der Waals surface area contributed by atoms with E-state index in [1.807, 2.05) is 11.0 Å². The van der Waals surface area contributed by atoms with Gasteiger partial charge in [-0.15, -0.1) is 0 Å².